The molecule has 0 spiro atoms. The van der Waals surface area contributed by atoms with Gasteiger partial charge in [0.15, 0.2) is 0 Å². The van der Waals surface area contributed by atoms with Crippen LogP contribution in [0.1, 0.15) is 18.4 Å². The minimum absolute atomic E-state index is 0.0306. The maximum absolute atomic E-state index is 6.39. The predicted molar refractivity (Wildman–Crippen MR) is 71.6 cm³/mol. The van der Waals surface area contributed by atoms with E-state index in [4.69, 9.17) is 28.9 Å². The van der Waals surface area contributed by atoms with Crippen LogP contribution in [0.5, 0.6) is 0 Å². The molecule has 0 amide bonds. The molecule has 0 atom stereocenters. The van der Waals surface area contributed by atoms with Gasteiger partial charge < -0.3 is 5.73 Å². The SMILES string of the molecule is NC1(Cc2ccc3nc(Cl)ccc3c2Cl)CC1. The molecule has 1 saturated carbocycles. The number of rotatable bonds is 2. The molecule has 2 N–H and O–H groups in total. The Morgan fingerprint density at radius 1 is 1.18 bits per heavy atom. The quantitative estimate of drug-likeness (QED) is 0.845. The monoisotopic (exact) mass is 266 g/mol. The lowest BCUT2D eigenvalue weighted by Crippen LogP contribution is -2.24. The van der Waals surface area contributed by atoms with Crippen LogP contribution in [0.25, 0.3) is 10.9 Å². The second-order valence-electron chi connectivity index (χ2n) is 4.78. The highest BCUT2D eigenvalue weighted by molar-refractivity contribution is 6.36. The van der Waals surface area contributed by atoms with Crippen molar-refractivity contribution in [2.75, 3.05) is 0 Å². The number of halogens is 2. The van der Waals surface area contributed by atoms with Crippen molar-refractivity contribution in [1.82, 2.24) is 4.98 Å². The van der Waals surface area contributed by atoms with Crippen molar-refractivity contribution in [2.45, 2.75) is 24.8 Å². The Kier molecular flexibility index (Phi) is 2.54. The molecule has 3 rings (SSSR count). The van der Waals surface area contributed by atoms with Crippen molar-refractivity contribution in [3.8, 4) is 0 Å². The molecular formula is C13H12Cl2N2. The molecule has 1 aromatic carbocycles. The maximum Gasteiger partial charge on any atom is 0.129 e. The predicted octanol–water partition coefficient (Wildman–Crippen LogP) is 3.58. The van der Waals surface area contributed by atoms with Crippen molar-refractivity contribution in [2.24, 2.45) is 5.73 Å². The summed E-state index contributed by atoms with van der Waals surface area (Å²) in [5.74, 6) is 0. The molecule has 1 aliphatic rings. The largest absolute Gasteiger partial charge is 0.325 e. The summed E-state index contributed by atoms with van der Waals surface area (Å²) in [6, 6.07) is 7.62. The van der Waals surface area contributed by atoms with Crippen LogP contribution in [0.3, 0.4) is 0 Å². The molecule has 2 nitrogen and oxygen atoms in total. The zero-order valence-corrected chi connectivity index (χ0v) is 10.7. The summed E-state index contributed by atoms with van der Waals surface area (Å²) in [5.41, 5.74) is 8.02. The molecule has 0 aliphatic heterocycles. The van der Waals surface area contributed by atoms with Gasteiger partial charge in [-0.15, -0.1) is 0 Å². The highest BCUT2D eigenvalue weighted by Gasteiger charge is 2.38. The van der Waals surface area contributed by atoms with Crippen LogP contribution in [0, 0.1) is 0 Å². The molecular weight excluding hydrogens is 255 g/mol. The number of nitrogens with zero attached hydrogens (tertiary/aromatic N) is 1. The third-order valence-electron chi connectivity index (χ3n) is 3.29. The van der Waals surface area contributed by atoms with E-state index in [1.807, 2.05) is 18.2 Å². The van der Waals surface area contributed by atoms with Crippen LogP contribution in [0.2, 0.25) is 10.2 Å². The summed E-state index contributed by atoms with van der Waals surface area (Å²) in [4.78, 5) is 4.24. The molecule has 0 unspecified atom stereocenters. The second kappa shape index (κ2) is 3.84. The van der Waals surface area contributed by atoms with Crippen LogP contribution in [-0.4, -0.2) is 10.5 Å². The molecule has 0 saturated heterocycles. The summed E-state index contributed by atoms with van der Waals surface area (Å²) < 4.78 is 0. The topological polar surface area (TPSA) is 38.9 Å². The minimum atomic E-state index is -0.0306. The molecule has 1 heterocycles. The van der Waals surface area contributed by atoms with Crippen LogP contribution in [-0.2, 0) is 6.42 Å². The highest BCUT2D eigenvalue weighted by atomic mass is 35.5. The van der Waals surface area contributed by atoms with Gasteiger partial charge in [-0.2, -0.15) is 0 Å². The van der Waals surface area contributed by atoms with Gasteiger partial charge in [-0.05, 0) is 43.0 Å². The molecule has 0 bridgehead atoms. The van der Waals surface area contributed by atoms with Gasteiger partial charge in [-0.1, -0.05) is 29.3 Å². The standard InChI is InChI=1S/C13H12Cl2N2/c14-11-4-2-9-10(17-11)3-1-8(12(9)15)7-13(16)5-6-13/h1-4H,5-7,16H2. The van der Waals surface area contributed by atoms with E-state index in [2.05, 4.69) is 4.98 Å². The fraction of sp³-hybridized carbons (Fsp3) is 0.308. The zero-order chi connectivity index (χ0) is 12.0. The Morgan fingerprint density at radius 2 is 1.94 bits per heavy atom. The average Bonchev–Trinajstić information content (AvgIpc) is 3.01. The number of benzene rings is 1. The van der Waals surface area contributed by atoms with E-state index in [9.17, 15) is 0 Å². The smallest absolute Gasteiger partial charge is 0.129 e. The molecule has 88 valence electrons. The first kappa shape index (κ1) is 11.3. The molecule has 1 aromatic heterocycles. The van der Waals surface area contributed by atoms with Gasteiger partial charge in [0, 0.05) is 10.9 Å². The van der Waals surface area contributed by atoms with Crippen LogP contribution >= 0.6 is 23.2 Å². The Hall–Kier alpha value is -0.830. The number of fused-ring (bicyclic) bond motifs is 1. The molecule has 2 aromatic rings. The van der Waals surface area contributed by atoms with Gasteiger partial charge in [-0.25, -0.2) is 4.98 Å². The Morgan fingerprint density at radius 3 is 2.65 bits per heavy atom. The Balaban J connectivity index is 2.09. The lowest BCUT2D eigenvalue weighted by molar-refractivity contribution is 0.673. The van der Waals surface area contributed by atoms with Gasteiger partial charge in [0.05, 0.1) is 10.5 Å². The number of pyridine rings is 1. The Bertz CT molecular complexity index is 591. The van der Waals surface area contributed by atoms with E-state index in [1.54, 1.807) is 6.07 Å². The van der Waals surface area contributed by atoms with Crippen molar-refractivity contribution in [3.05, 3.63) is 40.0 Å². The van der Waals surface area contributed by atoms with Crippen molar-refractivity contribution in [1.29, 1.82) is 0 Å². The Labute approximate surface area is 110 Å². The van der Waals surface area contributed by atoms with Gasteiger partial charge in [0.1, 0.15) is 5.15 Å². The second-order valence-corrected chi connectivity index (χ2v) is 5.54. The van der Waals surface area contributed by atoms with Crippen LogP contribution < -0.4 is 5.73 Å². The fourth-order valence-corrected chi connectivity index (χ4v) is 2.49. The lowest BCUT2D eigenvalue weighted by atomic mass is 10.0. The number of hydrogen-bond donors (Lipinski definition) is 1. The van der Waals surface area contributed by atoms with E-state index in [-0.39, 0.29) is 5.54 Å². The third kappa shape index (κ3) is 2.13. The van der Waals surface area contributed by atoms with E-state index in [0.29, 0.717) is 5.15 Å². The molecule has 17 heavy (non-hydrogen) atoms. The van der Waals surface area contributed by atoms with E-state index in [0.717, 1.165) is 40.8 Å². The minimum Gasteiger partial charge on any atom is -0.325 e. The molecule has 0 radical (unpaired) electrons. The first-order valence-electron chi connectivity index (χ1n) is 5.60. The summed E-state index contributed by atoms with van der Waals surface area (Å²) in [6.07, 6.45) is 3.00. The number of aromatic nitrogens is 1. The van der Waals surface area contributed by atoms with Gasteiger partial charge >= 0.3 is 0 Å². The van der Waals surface area contributed by atoms with E-state index in [1.165, 1.54) is 0 Å². The first-order chi connectivity index (χ1) is 8.07. The molecule has 1 aliphatic carbocycles. The third-order valence-corrected chi connectivity index (χ3v) is 3.94. The summed E-state index contributed by atoms with van der Waals surface area (Å²) in [6.45, 7) is 0. The first-order valence-corrected chi connectivity index (χ1v) is 6.36. The molecule has 1 fully saturated rings. The maximum atomic E-state index is 6.39. The summed E-state index contributed by atoms with van der Waals surface area (Å²) >= 11 is 12.2. The lowest BCUT2D eigenvalue weighted by Gasteiger charge is -2.11. The van der Waals surface area contributed by atoms with Gasteiger partial charge in [0.25, 0.3) is 0 Å². The summed E-state index contributed by atoms with van der Waals surface area (Å²) in [7, 11) is 0. The average molecular weight is 267 g/mol. The number of hydrogen-bond acceptors (Lipinski definition) is 2. The van der Waals surface area contributed by atoms with Crippen LogP contribution in [0.15, 0.2) is 24.3 Å². The summed E-state index contributed by atoms with van der Waals surface area (Å²) in [5, 5.41) is 2.18. The van der Waals surface area contributed by atoms with Crippen molar-refractivity contribution in [3.63, 3.8) is 0 Å². The van der Waals surface area contributed by atoms with Crippen molar-refractivity contribution < 1.29 is 0 Å². The van der Waals surface area contributed by atoms with Crippen molar-refractivity contribution >= 4 is 34.1 Å². The number of nitrogens with two attached hydrogens (primary N) is 1. The van der Waals surface area contributed by atoms with Gasteiger partial charge in [-0.3, -0.25) is 0 Å². The van der Waals surface area contributed by atoms with Crippen LogP contribution in [0.4, 0.5) is 0 Å². The van der Waals surface area contributed by atoms with E-state index >= 15 is 0 Å². The highest BCUT2D eigenvalue weighted by Crippen LogP contribution is 2.38. The normalized spacial score (nSPS) is 17.4. The molecule has 4 heteroatoms. The fourth-order valence-electron chi connectivity index (χ4n) is 2.04. The van der Waals surface area contributed by atoms with E-state index < -0.39 is 0 Å². The van der Waals surface area contributed by atoms with Gasteiger partial charge in [0.2, 0.25) is 0 Å². The zero-order valence-electron chi connectivity index (χ0n) is 9.21.